The first-order valence-electron chi connectivity index (χ1n) is 5.88. The van der Waals surface area contributed by atoms with Crippen molar-refractivity contribution >= 4 is 11.3 Å². The van der Waals surface area contributed by atoms with Gasteiger partial charge in [-0.3, -0.25) is 0 Å². The van der Waals surface area contributed by atoms with Crippen LogP contribution in [0.1, 0.15) is 48.5 Å². The van der Waals surface area contributed by atoms with Crippen LogP contribution in [-0.4, -0.2) is 16.2 Å². The van der Waals surface area contributed by atoms with Gasteiger partial charge in [-0.2, -0.15) is 0 Å². The molecular weight excluding hydrogens is 206 g/mol. The summed E-state index contributed by atoms with van der Waals surface area (Å²) >= 11 is 1.79. The molecule has 1 aromatic heterocycles. The summed E-state index contributed by atoms with van der Waals surface area (Å²) in [5.41, 5.74) is 0. The molecule has 4 heteroatoms. The Labute approximate surface area is 94.3 Å². The molecular formula is C11H17N3S. The van der Waals surface area contributed by atoms with Crippen LogP contribution >= 0.6 is 11.3 Å². The molecule has 15 heavy (non-hydrogen) atoms. The summed E-state index contributed by atoms with van der Waals surface area (Å²) in [7, 11) is 0. The molecule has 2 fully saturated rings. The van der Waals surface area contributed by atoms with Gasteiger partial charge in [0.25, 0.3) is 0 Å². The van der Waals surface area contributed by atoms with Crippen LogP contribution in [0.25, 0.3) is 0 Å². The Morgan fingerprint density at radius 3 is 2.80 bits per heavy atom. The molecule has 1 heterocycles. The zero-order valence-electron chi connectivity index (χ0n) is 9.07. The third kappa shape index (κ3) is 2.37. The normalized spacial score (nSPS) is 23.0. The lowest BCUT2D eigenvalue weighted by Gasteiger charge is -2.02. The van der Waals surface area contributed by atoms with Crippen LogP contribution in [0.15, 0.2) is 0 Å². The van der Waals surface area contributed by atoms with Gasteiger partial charge in [0, 0.05) is 18.5 Å². The Balaban J connectivity index is 1.58. The molecule has 0 radical (unpaired) electrons. The number of hydrogen-bond donors (Lipinski definition) is 1. The molecule has 82 valence electrons. The fourth-order valence-corrected chi connectivity index (χ4v) is 2.78. The average molecular weight is 223 g/mol. The maximum Gasteiger partial charge on any atom is 0.131 e. The Morgan fingerprint density at radius 2 is 2.13 bits per heavy atom. The van der Waals surface area contributed by atoms with Crippen LogP contribution in [0.2, 0.25) is 0 Å². The zero-order valence-corrected chi connectivity index (χ0v) is 9.89. The second kappa shape index (κ2) is 3.83. The van der Waals surface area contributed by atoms with Gasteiger partial charge in [-0.1, -0.05) is 18.3 Å². The third-order valence-corrected chi connectivity index (χ3v) is 4.44. The standard InChI is InChI=1S/C11H17N3S/c1-7(8-2-3-8)11-14-13-10(15-11)6-12-9-4-5-9/h7-9,12H,2-6H2,1H3. The second-order valence-electron chi connectivity index (χ2n) is 4.82. The molecule has 2 aliphatic carbocycles. The number of nitrogens with one attached hydrogen (secondary N) is 1. The van der Waals surface area contributed by atoms with E-state index in [1.807, 2.05) is 0 Å². The highest BCUT2D eigenvalue weighted by Gasteiger charge is 2.31. The van der Waals surface area contributed by atoms with E-state index >= 15 is 0 Å². The van der Waals surface area contributed by atoms with Gasteiger partial charge >= 0.3 is 0 Å². The molecule has 1 N–H and O–H groups in total. The minimum absolute atomic E-state index is 0.636. The monoisotopic (exact) mass is 223 g/mol. The summed E-state index contributed by atoms with van der Waals surface area (Å²) in [4.78, 5) is 0. The van der Waals surface area contributed by atoms with Gasteiger partial charge in [0.05, 0.1) is 0 Å². The van der Waals surface area contributed by atoms with Crippen LogP contribution in [0, 0.1) is 5.92 Å². The Kier molecular flexibility index (Phi) is 2.48. The van der Waals surface area contributed by atoms with Crippen molar-refractivity contribution in [2.75, 3.05) is 0 Å². The van der Waals surface area contributed by atoms with E-state index in [9.17, 15) is 0 Å². The fourth-order valence-electron chi connectivity index (χ4n) is 1.84. The molecule has 1 unspecified atom stereocenters. The molecule has 2 aliphatic rings. The molecule has 3 nitrogen and oxygen atoms in total. The molecule has 1 atom stereocenters. The molecule has 3 rings (SSSR count). The summed E-state index contributed by atoms with van der Waals surface area (Å²) in [6, 6.07) is 0.762. The van der Waals surface area contributed by atoms with Gasteiger partial charge in [-0.05, 0) is 31.6 Å². The topological polar surface area (TPSA) is 37.8 Å². The van der Waals surface area contributed by atoms with E-state index in [1.54, 1.807) is 11.3 Å². The van der Waals surface area contributed by atoms with Gasteiger partial charge < -0.3 is 5.32 Å². The summed E-state index contributed by atoms with van der Waals surface area (Å²) in [6.07, 6.45) is 5.45. The fraction of sp³-hybridized carbons (Fsp3) is 0.818. The molecule has 0 bridgehead atoms. The van der Waals surface area contributed by atoms with Gasteiger partial charge in [0.2, 0.25) is 0 Å². The number of hydrogen-bond acceptors (Lipinski definition) is 4. The Morgan fingerprint density at radius 1 is 1.33 bits per heavy atom. The molecule has 0 saturated heterocycles. The van der Waals surface area contributed by atoms with Crippen molar-refractivity contribution in [3.05, 3.63) is 10.0 Å². The van der Waals surface area contributed by atoms with E-state index in [-0.39, 0.29) is 0 Å². The maximum atomic E-state index is 4.30. The maximum absolute atomic E-state index is 4.30. The minimum atomic E-state index is 0.636. The first-order valence-corrected chi connectivity index (χ1v) is 6.70. The predicted molar refractivity (Wildman–Crippen MR) is 60.9 cm³/mol. The van der Waals surface area contributed by atoms with Crippen molar-refractivity contribution in [1.82, 2.24) is 15.5 Å². The van der Waals surface area contributed by atoms with Crippen LogP contribution in [0.3, 0.4) is 0 Å². The molecule has 0 amide bonds. The Bertz CT molecular complexity index is 341. The highest BCUT2D eigenvalue weighted by molar-refractivity contribution is 7.11. The lowest BCUT2D eigenvalue weighted by atomic mass is 10.1. The van der Waals surface area contributed by atoms with E-state index in [1.165, 1.54) is 30.7 Å². The predicted octanol–water partition coefficient (Wildman–Crippen LogP) is 2.30. The molecule has 0 aromatic carbocycles. The van der Waals surface area contributed by atoms with E-state index in [4.69, 9.17) is 0 Å². The van der Waals surface area contributed by atoms with Gasteiger partial charge in [0.15, 0.2) is 0 Å². The Hall–Kier alpha value is -0.480. The van der Waals surface area contributed by atoms with Gasteiger partial charge in [-0.15, -0.1) is 10.2 Å². The quantitative estimate of drug-likeness (QED) is 0.832. The summed E-state index contributed by atoms with van der Waals surface area (Å²) in [5.74, 6) is 1.53. The minimum Gasteiger partial charge on any atom is -0.308 e. The van der Waals surface area contributed by atoms with Crippen LogP contribution < -0.4 is 5.32 Å². The van der Waals surface area contributed by atoms with Gasteiger partial charge in [0.1, 0.15) is 10.0 Å². The van der Waals surface area contributed by atoms with Crippen molar-refractivity contribution in [1.29, 1.82) is 0 Å². The van der Waals surface area contributed by atoms with Crippen molar-refractivity contribution in [3.8, 4) is 0 Å². The highest BCUT2D eigenvalue weighted by Crippen LogP contribution is 2.42. The molecule has 2 saturated carbocycles. The number of aromatic nitrogens is 2. The van der Waals surface area contributed by atoms with E-state index in [2.05, 4.69) is 22.4 Å². The average Bonchev–Trinajstić information content (AvgIpc) is 3.13. The van der Waals surface area contributed by atoms with Crippen molar-refractivity contribution in [2.45, 2.75) is 51.1 Å². The van der Waals surface area contributed by atoms with Crippen LogP contribution in [-0.2, 0) is 6.54 Å². The van der Waals surface area contributed by atoms with Gasteiger partial charge in [-0.25, -0.2) is 0 Å². The molecule has 1 aromatic rings. The second-order valence-corrected chi connectivity index (χ2v) is 5.91. The largest absolute Gasteiger partial charge is 0.308 e. The summed E-state index contributed by atoms with van der Waals surface area (Å²) in [6.45, 7) is 3.20. The van der Waals surface area contributed by atoms with E-state index in [0.717, 1.165) is 23.5 Å². The summed E-state index contributed by atoms with van der Waals surface area (Å²) in [5, 5.41) is 14.4. The summed E-state index contributed by atoms with van der Waals surface area (Å²) < 4.78 is 0. The first kappa shape index (κ1) is 9.73. The number of nitrogens with zero attached hydrogens (tertiary/aromatic N) is 2. The van der Waals surface area contributed by atoms with E-state index in [0.29, 0.717) is 5.92 Å². The van der Waals surface area contributed by atoms with Crippen molar-refractivity contribution in [2.24, 2.45) is 5.92 Å². The highest BCUT2D eigenvalue weighted by atomic mass is 32.1. The molecule has 0 spiro atoms. The smallest absolute Gasteiger partial charge is 0.131 e. The zero-order chi connectivity index (χ0) is 10.3. The van der Waals surface area contributed by atoms with Crippen LogP contribution in [0.4, 0.5) is 0 Å². The molecule has 0 aliphatic heterocycles. The lowest BCUT2D eigenvalue weighted by Crippen LogP contribution is -2.14. The SMILES string of the molecule is CC(c1nnc(CNC2CC2)s1)C1CC1. The third-order valence-electron chi connectivity index (χ3n) is 3.32. The van der Waals surface area contributed by atoms with Crippen molar-refractivity contribution in [3.63, 3.8) is 0 Å². The first-order chi connectivity index (χ1) is 7.33. The number of rotatable bonds is 5. The lowest BCUT2D eigenvalue weighted by molar-refractivity contribution is 0.646. The van der Waals surface area contributed by atoms with E-state index < -0.39 is 0 Å². The van der Waals surface area contributed by atoms with Crippen LogP contribution in [0.5, 0.6) is 0 Å². The van der Waals surface area contributed by atoms with Crippen molar-refractivity contribution < 1.29 is 0 Å².